The smallest absolute Gasteiger partial charge is 0.357 e. The van der Waals surface area contributed by atoms with Crippen LogP contribution in [-0.2, 0) is 10.0 Å². The van der Waals surface area contributed by atoms with Crippen molar-refractivity contribution in [2.75, 3.05) is 4.72 Å². The predicted molar refractivity (Wildman–Crippen MR) is 93.9 cm³/mol. The Balaban J connectivity index is 2.40. The quantitative estimate of drug-likeness (QED) is 0.406. The van der Waals surface area contributed by atoms with Crippen LogP contribution >= 0.6 is 11.6 Å². The van der Waals surface area contributed by atoms with Gasteiger partial charge in [0.1, 0.15) is 5.82 Å². The van der Waals surface area contributed by atoms with E-state index in [0.29, 0.717) is 0 Å². The van der Waals surface area contributed by atoms with E-state index >= 15 is 0 Å². The molecule has 0 amide bonds. The molecule has 0 aromatic heterocycles. The Morgan fingerprint density at radius 1 is 1.19 bits per heavy atom. The van der Waals surface area contributed by atoms with Crippen molar-refractivity contribution in [3.05, 3.63) is 58.9 Å². The summed E-state index contributed by atoms with van der Waals surface area (Å²) in [7, 11) is -5.63. The van der Waals surface area contributed by atoms with Crippen LogP contribution in [0.15, 0.2) is 47.6 Å². The second kappa shape index (κ2) is 8.13. The minimum atomic E-state index is -5.63. The zero-order chi connectivity index (χ0) is 20.2. The molecular formula is C16H13ClF4N2O3S. The molecule has 2 aromatic rings. The lowest BCUT2D eigenvalue weighted by Gasteiger charge is -2.15. The molecule has 0 bridgehead atoms. The molecule has 2 rings (SSSR count). The van der Waals surface area contributed by atoms with Crippen LogP contribution in [0.3, 0.4) is 0 Å². The summed E-state index contributed by atoms with van der Waals surface area (Å²) >= 11 is 5.88. The van der Waals surface area contributed by atoms with E-state index in [0.717, 1.165) is 18.2 Å². The highest BCUT2D eigenvalue weighted by atomic mass is 35.5. The van der Waals surface area contributed by atoms with Gasteiger partial charge < -0.3 is 4.84 Å². The van der Waals surface area contributed by atoms with Gasteiger partial charge in [-0.05, 0) is 48.9 Å². The van der Waals surface area contributed by atoms with Gasteiger partial charge in [0.05, 0.1) is 11.4 Å². The molecule has 1 N–H and O–H groups in total. The molecule has 0 aliphatic carbocycles. The number of sulfonamides is 1. The minimum absolute atomic E-state index is 0.0138. The van der Waals surface area contributed by atoms with Crippen molar-refractivity contribution >= 4 is 33.0 Å². The van der Waals surface area contributed by atoms with Gasteiger partial charge in [0.2, 0.25) is 0 Å². The third-order valence-electron chi connectivity index (χ3n) is 3.25. The maximum Gasteiger partial charge on any atom is 0.516 e. The molecule has 2 aromatic carbocycles. The maximum atomic E-state index is 12.9. The van der Waals surface area contributed by atoms with Crippen LogP contribution < -0.4 is 9.56 Å². The lowest BCUT2D eigenvalue weighted by Crippen LogP contribution is -2.30. The van der Waals surface area contributed by atoms with Crippen molar-refractivity contribution in [3.63, 3.8) is 0 Å². The number of halogens is 5. The molecule has 0 heterocycles. The second-order valence-corrected chi connectivity index (χ2v) is 7.29. The van der Waals surface area contributed by atoms with Crippen LogP contribution in [0.4, 0.5) is 23.2 Å². The van der Waals surface area contributed by atoms with E-state index in [9.17, 15) is 26.0 Å². The molecule has 0 saturated heterocycles. The SMILES string of the molecule is CC/C(=N\Oc1ccc(F)cc1)c1cc(Cl)ccc1NS(=O)(=O)C(F)(F)F. The molecule has 0 fully saturated rings. The van der Waals surface area contributed by atoms with E-state index in [1.807, 2.05) is 0 Å². The Hall–Kier alpha value is -2.33. The molecule has 0 radical (unpaired) electrons. The average molecular weight is 425 g/mol. The van der Waals surface area contributed by atoms with E-state index in [2.05, 4.69) is 5.16 Å². The molecule has 5 nitrogen and oxygen atoms in total. The Kier molecular flexibility index (Phi) is 6.32. The third-order valence-corrected chi connectivity index (χ3v) is 4.58. The van der Waals surface area contributed by atoms with Gasteiger partial charge in [-0.1, -0.05) is 23.7 Å². The second-order valence-electron chi connectivity index (χ2n) is 5.18. The first-order valence-corrected chi connectivity index (χ1v) is 9.28. The number of anilines is 1. The topological polar surface area (TPSA) is 67.8 Å². The summed E-state index contributed by atoms with van der Waals surface area (Å²) in [4.78, 5) is 5.14. The van der Waals surface area contributed by atoms with E-state index in [4.69, 9.17) is 16.4 Å². The summed E-state index contributed by atoms with van der Waals surface area (Å²) in [5.41, 5.74) is -5.71. The number of alkyl halides is 3. The zero-order valence-electron chi connectivity index (χ0n) is 13.7. The van der Waals surface area contributed by atoms with Crippen LogP contribution in [0.1, 0.15) is 18.9 Å². The number of nitrogens with one attached hydrogen (secondary N) is 1. The summed E-state index contributed by atoms with van der Waals surface area (Å²) in [6.07, 6.45) is 0.183. The maximum absolute atomic E-state index is 12.9. The van der Waals surface area contributed by atoms with Gasteiger partial charge >= 0.3 is 15.5 Å². The van der Waals surface area contributed by atoms with Gasteiger partial charge in [-0.15, -0.1) is 0 Å². The highest BCUT2D eigenvalue weighted by Crippen LogP contribution is 2.29. The molecule has 146 valence electrons. The first kappa shape index (κ1) is 21.0. The Bertz CT molecular complexity index is 945. The Morgan fingerprint density at radius 2 is 1.81 bits per heavy atom. The lowest BCUT2D eigenvalue weighted by atomic mass is 10.1. The van der Waals surface area contributed by atoms with Gasteiger partial charge in [0.15, 0.2) is 5.75 Å². The largest absolute Gasteiger partial charge is 0.516 e. The summed E-state index contributed by atoms with van der Waals surface area (Å²) < 4.78 is 75.2. The molecule has 0 spiro atoms. The molecular weight excluding hydrogens is 412 g/mol. The van der Waals surface area contributed by atoms with Crippen molar-refractivity contribution in [3.8, 4) is 5.75 Å². The van der Waals surface area contributed by atoms with E-state index < -0.39 is 21.3 Å². The van der Waals surface area contributed by atoms with Crippen LogP contribution in [0.5, 0.6) is 5.75 Å². The molecule has 27 heavy (non-hydrogen) atoms. The fourth-order valence-corrected chi connectivity index (χ4v) is 2.71. The van der Waals surface area contributed by atoms with Crippen LogP contribution in [-0.4, -0.2) is 19.6 Å². The summed E-state index contributed by atoms with van der Waals surface area (Å²) in [6.45, 7) is 1.63. The number of hydrogen-bond donors (Lipinski definition) is 1. The monoisotopic (exact) mass is 424 g/mol. The summed E-state index contributed by atoms with van der Waals surface area (Å²) in [5.74, 6) is -0.303. The van der Waals surface area contributed by atoms with Crippen LogP contribution in [0.25, 0.3) is 0 Å². The highest BCUT2D eigenvalue weighted by molar-refractivity contribution is 7.93. The number of rotatable bonds is 6. The van der Waals surface area contributed by atoms with E-state index in [1.54, 1.807) is 6.92 Å². The molecule has 0 atom stereocenters. The number of hydrogen-bond acceptors (Lipinski definition) is 4. The van der Waals surface area contributed by atoms with Crippen molar-refractivity contribution < 1.29 is 30.8 Å². The van der Waals surface area contributed by atoms with Crippen LogP contribution in [0, 0.1) is 5.82 Å². The molecule has 0 unspecified atom stereocenters. The molecule has 11 heteroatoms. The number of nitrogens with zero attached hydrogens (tertiary/aromatic N) is 1. The predicted octanol–water partition coefficient (Wildman–Crippen LogP) is 4.93. The normalized spacial score (nSPS) is 12.7. The zero-order valence-corrected chi connectivity index (χ0v) is 15.3. The first-order chi connectivity index (χ1) is 12.5. The van der Waals surface area contributed by atoms with Crippen molar-refractivity contribution in [1.29, 1.82) is 0 Å². The highest BCUT2D eigenvalue weighted by Gasteiger charge is 2.46. The lowest BCUT2D eigenvalue weighted by molar-refractivity contribution is -0.0429. The molecule has 0 aliphatic heterocycles. The molecule has 0 aliphatic rings. The number of oxime groups is 1. The Morgan fingerprint density at radius 3 is 2.37 bits per heavy atom. The van der Waals surface area contributed by atoms with Crippen molar-refractivity contribution in [2.45, 2.75) is 18.9 Å². The summed E-state index contributed by atoms with van der Waals surface area (Å²) in [6, 6.07) is 8.45. The van der Waals surface area contributed by atoms with Gasteiger partial charge in [-0.25, -0.2) is 4.39 Å². The van der Waals surface area contributed by atoms with Gasteiger partial charge in [0, 0.05) is 10.6 Å². The average Bonchev–Trinajstić information content (AvgIpc) is 2.58. The minimum Gasteiger partial charge on any atom is -0.357 e. The van der Waals surface area contributed by atoms with Crippen LogP contribution in [0.2, 0.25) is 5.02 Å². The fraction of sp³-hybridized carbons (Fsp3) is 0.188. The van der Waals surface area contributed by atoms with Crippen molar-refractivity contribution in [1.82, 2.24) is 0 Å². The standard InChI is InChI=1S/C16H13ClF4N2O3S/c1-2-14(22-26-12-6-4-11(18)5-7-12)13-9-10(17)3-8-15(13)23-27(24,25)16(19,20)21/h3-9,23H,2H2,1H3/b22-14+. The third kappa shape index (κ3) is 5.33. The van der Waals surface area contributed by atoms with E-state index in [1.165, 1.54) is 29.0 Å². The van der Waals surface area contributed by atoms with E-state index in [-0.39, 0.29) is 34.2 Å². The van der Waals surface area contributed by atoms with Gasteiger partial charge in [0.25, 0.3) is 0 Å². The number of benzene rings is 2. The van der Waals surface area contributed by atoms with Crippen molar-refractivity contribution in [2.24, 2.45) is 5.16 Å². The first-order valence-electron chi connectivity index (χ1n) is 7.42. The Labute approximate surface area is 157 Å². The van der Waals surface area contributed by atoms with Gasteiger partial charge in [-0.3, -0.25) is 4.72 Å². The fourth-order valence-electron chi connectivity index (χ4n) is 1.95. The molecule has 0 saturated carbocycles. The summed E-state index contributed by atoms with van der Waals surface area (Å²) in [5, 5.41) is 3.98. The van der Waals surface area contributed by atoms with Gasteiger partial charge in [-0.2, -0.15) is 21.6 Å².